The Morgan fingerprint density at radius 3 is 2.42 bits per heavy atom. The molecule has 0 aromatic heterocycles. The van der Waals surface area contributed by atoms with Crippen LogP contribution in [-0.4, -0.2) is 23.7 Å². The van der Waals surface area contributed by atoms with Crippen LogP contribution in [0.15, 0.2) is 0 Å². The van der Waals surface area contributed by atoms with Gasteiger partial charge in [0.1, 0.15) is 0 Å². The average Bonchev–Trinajstić information content (AvgIpc) is 2.47. The Morgan fingerprint density at radius 2 is 1.68 bits per heavy atom. The minimum atomic E-state index is 0.205. The molecule has 2 atom stereocenters. The number of carbonyl (C=O) groups is 1. The molecule has 0 heterocycles. The van der Waals surface area contributed by atoms with Crippen molar-refractivity contribution in [1.29, 1.82) is 0 Å². The summed E-state index contributed by atoms with van der Waals surface area (Å²) in [7, 11) is 0. The fourth-order valence-corrected chi connectivity index (χ4v) is 3.71. The molecular weight excluding hydrogens is 238 g/mol. The molecule has 0 aromatic carbocycles. The smallest absolute Gasteiger partial charge is 0.220 e. The molecule has 0 aromatic rings. The summed E-state index contributed by atoms with van der Waals surface area (Å²) in [6.45, 7) is 0.216. The van der Waals surface area contributed by atoms with Crippen LogP contribution in [0, 0.1) is 11.8 Å². The summed E-state index contributed by atoms with van der Waals surface area (Å²) in [5.41, 5.74) is 0. The van der Waals surface area contributed by atoms with Gasteiger partial charge in [-0.05, 0) is 25.2 Å². The predicted molar refractivity (Wildman–Crippen MR) is 76.8 cm³/mol. The highest BCUT2D eigenvalue weighted by molar-refractivity contribution is 5.76. The third kappa shape index (κ3) is 4.79. The van der Waals surface area contributed by atoms with Crippen LogP contribution in [-0.2, 0) is 4.79 Å². The van der Waals surface area contributed by atoms with Gasteiger partial charge in [-0.1, -0.05) is 44.9 Å². The van der Waals surface area contributed by atoms with Crippen molar-refractivity contribution in [2.45, 2.75) is 76.7 Å². The minimum absolute atomic E-state index is 0.205. The summed E-state index contributed by atoms with van der Waals surface area (Å²) in [6.07, 6.45) is 12.9. The van der Waals surface area contributed by atoms with E-state index in [-0.39, 0.29) is 24.5 Å². The molecule has 3 nitrogen and oxygen atoms in total. The second kappa shape index (κ2) is 7.88. The van der Waals surface area contributed by atoms with Crippen LogP contribution in [0.25, 0.3) is 0 Å². The number of rotatable bonds is 5. The lowest BCUT2D eigenvalue weighted by atomic mass is 9.84. The maximum absolute atomic E-state index is 12.0. The number of hydrogen-bond donors (Lipinski definition) is 2. The van der Waals surface area contributed by atoms with E-state index in [4.69, 9.17) is 0 Å². The molecular formula is C16H29NO2. The Hall–Kier alpha value is -0.570. The Morgan fingerprint density at radius 1 is 1.00 bits per heavy atom. The molecule has 0 spiro atoms. The number of amides is 1. The summed E-state index contributed by atoms with van der Waals surface area (Å²) < 4.78 is 0. The summed E-state index contributed by atoms with van der Waals surface area (Å²) in [5.74, 6) is 1.27. The van der Waals surface area contributed by atoms with Gasteiger partial charge in [0, 0.05) is 25.0 Å². The predicted octanol–water partition coefficient (Wildman–Crippen LogP) is 3.01. The average molecular weight is 267 g/mol. The molecule has 2 rings (SSSR count). The van der Waals surface area contributed by atoms with Gasteiger partial charge >= 0.3 is 0 Å². The number of carbonyl (C=O) groups excluding carboxylic acids is 1. The summed E-state index contributed by atoms with van der Waals surface area (Å²) >= 11 is 0. The van der Waals surface area contributed by atoms with Crippen molar-refractivity contribution in [2.24, 2.45) is 11.8 Å². The van der Waals surface area contributed by atoms with Crippen molar-refractivity contribution in [3.8, 4) is 0 Å². The maximum Gasteiger partial charge on any atom is 0.220 e. The lowest BCUT2D eigenvalue weighted by Gasteiger charge is -2.31. The number of nitrogens with one attached hydrogen (secondary N) is 1. The van der Waals surface area contributed by atoms with Gasteiger partial charge in [0.25, 0.3) is 0 Å². The fraction of sp³-hybridized carbons (Fsp3) is 0.938. The number of hydrogen-bond acceptors (Lipinski definition) is 2. The molecule has 2 unspecified atom stereocenters. The summed E-state index contributed by atoms with van der Waals surface area (Å²) in [5, 5.41) is 12.5. The monoisotopic (exact) mass is 267 g/mol. The molecule has 0 aliphatic heterocycles. The van der Waals surface area contributed by atoms with Crippen molar-refractivity contribution >= 4 is 5.91 Å². The van der Waals surface area contributed by atoms with E-state index in [1.54, 1.807) is 0 Å². The van der Waals surface area contributed by atoms with E-state index in [1.165, 1.54) is 44.9 Å². The third-order valence-electron chi connectivity index (χ3n) is 4.99. The van der Waals surface area contributed by atoms with Crippen LogP contribution in [0.3, 0.4) is 0 Å². The van der Waals surface area contributed by atoms with E-state index in [2.05, 4.69) is 5.32 Å². The second-order valence-electron chi connectivity index (χ2n) is 6.44. The normalized spacial score (nSPS) is 29.1. The molecule has 2 fully saturated rings. The van der Waals surface area contributed by atoms with Gasteiger partial charge in [0.05, 0.1) is 0 Å². The highest BCUT2D eigenvalue weighted by Crippen LogP contribution is 2.28. The molecule has 1 amide bonds. The quantitative estimate of drug-likeness (QED) is 0.804. The van der Waals surface area contributed by atoms with Crippen molar-refractivity contribution in [1.82, 2.24) is 5.32 Å². The Labute approximate surface area is 117 Å². The van der Waals surface area contributed by atoms with E-state index >= 15 is 0 Å². The molecule has 0 saturated heterocycles. The zero-order valence-corrected chi connectivity index (χ0v) is 12.1. The van der Waals surface area contributed by atoms with Crippen LogP contribution in [0.5, 0.6) is 0 Å². The van der Waals surface area contributed by atoms with Gasteiger partial charge in [-0.15, -0.1) is 0 Å². The van der Waals surface area contributed by atoms with Gasteiger partial charge in [0.2, 0.25) is 5.91 Å². The molecule has 19 heavy (non-hydrogen) atoms. The van der Waals surface area contributed by atoms with Crippen molar-refractivity contribution in [3.05, 3.63) is 0 Å². The zero-order valence-electron chi connectivity index (χ0n) is 12.1. The van der Waals surface area contributed by atoms with Gasteiger partial charge in [-0.25, -0.2) is 0 Å². The number of aliphatic hydroxyl groups is 1. The van der Waals surface area contributed by atoms with Crippen molar-refractivity contribution < 1.29 is 9.90 Å². The zero-order chi connectivity index (χ0) is 13.5. The number of aliphatic hydroxyl groups excluding tert-OH is 1. The minimum Gasteiger partial charge on any atom is -0.396 e. The topological polar surface area (TPSA) is 49.3 Å². The van der Waals surface area contributed by atoms with Gasteiger partial charge in [0.15, 0.2) is 0 Å². The molecule has 2 aliphatic carbocycles. The van der Waals surface area contributed by atoms with Crippen molar-refractivity contribution in [2.75, 3.05) is 6.61 Å². The summed E-state index contributed by atoms with van der Waals surface area (Å²) in [4.78, 5) is 12.0. The SMILES string of the molecule is O=C(CCC1CCCCC1)NC1CCCCC1CO. The first-order chi connectivity index (χ1) is 9.29. The Bertz CT molecular complexity index is 274. The first kappa shape index (κ1) is 14.8. The van der Waals surface area contributed by atoms with Crippen LogP contribution < -0.4 is 5.32 Å². The van der Waals surface area contributed by atoms with Crippen LogP contribution in [0.2, 0.25) is 0 Å². The Balaban J connectivity index is 1.67. The third-order valence-corrected chi connectivity index (χ3v) is 4.99. The van der Waals surface area contributed by atoms with E-state index in [9.17, 15) is 9.90 Å². The van der Waals surface area contributed by atoms with Crippen LogP contribution >= 0.6 is 0 Å². The Kier molecular flexibility index (Phi) is 6.15. The van der Waals surface area contributed by atoms with E-state index < -0.39 is 0 Å². The largest absolute Gasteiger partial charge is 0.396 e. The molecule has 0 radical (unpaired) electrons. The van der Waals surface area contributed by atoms with E-state index in [0.717, 1.165) is 25.2 Å². The molecule has 2 N–H and O–H groups in total. The van der Waals surface area contributed by atoms with Crippen LogP contribution in [0.4, 0.5) is 0 Å². The van der Waals surface area contributed by atoms with Gasteiger partial charge < -0.3 is 10.4 Å². The maximum atomic E-state index is 12.0. The first-order valence-electron chi connectivity index (χ1n) is 8.20. The van der Waals surface area contributed by atoms with E-state index in [0.29, 0.717) is 6.42 Å². The van der Waals surface area contributed by atoms with Crippen LogP contribution in [0.1, 0.15) is 70.6 Å². The fourth-order valence-electron chi connectivity index (χ4n) is 3.71. The first-order valence-corrected chi connectivity index (χ1v) is 8.20. The second-order valence-corrected chi connectivity index (χ2v) is 6.44. The highest BCUT2D eigenvalue weighted by atomic mass is 16.3. The summed E-state index contributed by atoms with van der Waals surface area (Å²) in [6, 6.07) is 0.220. The molecule has 2 saturated carbocycles. The standard InChI is InChI=1S/C16H29NO2/c18-12-14-8-4-5-9-15(14)17-16(19)11-10-13-6-2-1-3-7-13/h13-15,18H,1-12H2,(H,17,19). The molecule has 0 bridgehead atoms. The van der Waals surface area contributed by atoms with E-state index in [1.807, 2.05) is 0 Å². The van der Waals surface area contributed by atoms with Gasteiger partial charge in [-0.2, -0.15) is 0 Å². The molecule has 3 heteroatoms. The lowest BCUT2D eigenvalue weighted by molar-refractivity contribution is -0.122. The van der Waals surface area contributed by atoms with Crippen molar-refractivity contribution in [3.63, 3.8) is 0 Å². The van der Waals surface area contributed by atoms with Gasteiger partial charge in [-0.3, -0.25) is 4.79 Å². The molecule has 2 aliphatic rings. The lowest BCUT2D eigenvalue weighted by Crippen LogP contribution is -2.43. The molecule has 110 valence electrons. The highest BCUT2D eigenvalue weighted by Gasteiger charge is 2.26.